The highest BCUT2D eigenvalue weighted by molar-refractivity contribution is 5.10. The van der Waals surface area contributed by atoms with Crippen LogP contribution in [0.3, 0.4) is 0 Å². The molecule has 8 heteroatoms. The number of aromatic nitrogens is 4. The predicted molar refractivity (Wildman–Crippen MR) is 74.0 cm³/mol. The number of nitrogens with one attached hydrogen (secondary N) is 1. The first-order valence-corrected chi connectivity index (χ1v) is 7.24. The Bertz CT molecular complexity index is 643. The number of alkyl halides is 3. The molecule has 3 rings (SSSR count). The summed E-state index contributed by atoms with van der Waals surface area (Å²) in [4.78, 5) is 3.69. The maximum atomic E-state index is 12.7. The minimum Gasteiger partial charge on any atom is -0.334 e. The second kappa shape index (κ2) is 5.75. The summed E-state index contributed by atoms with van der Waals surface area (Å²) < 4.78 is 41.5. The van der Waals surface area contributed by atoms with E-state index in [0.717, 1.165) is 24.9 Å². The molecule has 0 radical (unpaired) electrons. The average molecular weight is 313 g/mol. The number of hydrogen-bond donors (Lipinski definition) is 1. The van der Waals surface area contributed by atoms with Crippen LogP contribution in [0.2, 0.25) is 0 Å². The lowest BCUT2D eigenvalue weighted by molar-refractivity contribution is -0.141. The molecule has 0 fully saturated rings. The van der Waals surface area contributed by atoms with E-state index in [2.05, 4.69) is 15.4 Å². The molecule has 120 valence electrons. The lowest BCUT2D eigenvalue weighted by Crippen LogP contribution is -2.30. The van der Waals surface area contributed by atoms with E-state index in [0.29, 0.717) is 31.3 Å². The molecular formula is C14H18F3N5. The van der Waals surface area contributed by atoms with Crippen molar-refractivity contribution in [2.75, 3.05) is 6.54 Å². The van der Waals surface area contributed by atoms with Gasteiger partial charge in [-0.3, -0.25) is 4.68 Å². The molecule has 5 nitrogen and oxygen atoms in total. The van der Waals surface area contributed by atoms with Gasteiger partial charge >= 0.3 is 6.18 Å². The Morgan fingerprint density at radius 3 is 2.91 bits per heavy atom. The average Bonchev–Trinajstić information content (AvgIpc) is 3.04. The standard InChI is InChI=1S/C14H18F3N5/c1-21-11(4-5-19-21)7-18-6-10-2-3-13-20-12(14(15,16)17)9-22(13)8-10/h4-5,9-10,18H,2-3,6-8H2,1H3. The van der Waals surface area contributed by atoms with Crippen LogP contribution >= 0.6 is 0 Å². The van der Waals surface area contributed by atoms with Crippen LogP contribution in [0.1, 0.15) is 23.6 Å². The molecule has 0 bridgehead atoms. The summed E-state index contributed by atoms with van der Waals surface area (Å²) in [7, 11) is 1.88. The van der Waals surface area contributed by atoms with Gasteiger partial charge < -0.3 is 9.88 Å². The van der Waals surface area contributed by atoms with Crippen LogP contribution in [0.15, 0.2) is 18.5 Å². The third-order valence-electron chi connectivity index (χ3n) is 4.04. The second-order valence-corrected chi connectivity index (χ2v) is 5.67. The van der Waals surface area contributed by atoms with Gasteiger partial charge in [-0.15, -0.1) is 0 Å². The lowest BCUT2D eigenvalue weighted by atomic mass is 9.99. The second-order valence-electron chi connectivity index (χ2n) is 5.67. The number of halogens is 3. The normalized spacial score (nSPS) is 18.5. The van der Waals surface area contributed by atoms with Crippen molar-refractivity contribution in [1.82, 2.24) is 24.6 Å². The van der Waals surface area contributed by atoms with Gasteiger partial charge in [-0.25, -0.2) is 4.98 Å². The van der Waals surface area contributed by atoms with Gasteiger partial charge in [0.2, 0.25) is 0 Å². The van der Waals surface area contributed by atoms with Gasteiger partial charge in [0.1, 0.15) is 5.82 Å². The molecule has 0 saturated carbocycles. The van der Waals surface area contributed by atoms with E-state index in [1.807, 2.05) is 13.1 Å². The van der Waals surface area contributed by atoms with Gasteiger partial charge in [0.05, 0.1) is 5.69 Å². The zero-order valence-corrected chi connectivity index (χ0v) is 12.3. The summed E-state index contributed by atoms with van der Waals surface area (Å²) in [5.74, 6) is 0.853. The number of hydrogen-bond acceptors (Lipinski definition) is 3. The highest BCUT2D eigenvalue weighted by Gasteiger charge is 2.35. The fourth-order valence-corrected chi connectivity index (χ4v) is 2.80. The highest BCUT2D eigenvalue weighted by Crippen LogP contribution is 2.30. The first kappa shape index (κ1) is 15.1. The summed E-state index contributed by atoms with van der Waals surface area (Å²) >= 11 is 0. The topological polar surface area (TPSA) is 47.7 Å². The van der Waals surface area contributed by atoms with Gasteiger partial charge in [-0.1, -0.05) is 0 Å². The number of nitrogens with zero attached hydrogens (tertiary/aromatic N) is 4. The first-order chi connectivity index (χ1) is 10.4. The van der Waals surface area contributed by atoms with Crippen LogP contribution in [-0.4, -0.2) is 25.9 Å². The van der Waals surface area contributed by atoms with Crippen molar-refractivity contribution >= 4 is 0 Å². The zero-order valence-electron chi connectivity index (χ0n) is 12.3. The van der Waals surface area contributed by atoms with Gasteiger partial charge in [-0.05, 0) is 18.4 Å². The van der Waals surface area contributed by atoms with Gasteiger partial charge in [-0.2, -0.15) is 18.3 Å². The Balaban J connectivity index is 1.55. The maximum absolute atomic E-state index is 12.7. The van der Waals surface area contributed by atoms with Crippen molar-refractivity contribution in [3.63, 3.8) is 0 Å². The van der Waals surface area contributed by atoms with E-state index in [9.17, 15) is 13.2 Å². The molecule has 0 saturated heterocycles. The van der Waals surface area contributed by atoms with Crippen LogP contribution < -0.4 is 5.32 Å². The SMILES string of the molecule is Cn1nccc1CNCC1CCc2nc(C(F)(F)F)cn2C1. The van der Waals surface area contributed by atoms with Crippen molar-refractivity contribution in [3.8, 4) is 0 Å². The first-order valence-electron chi connectivity index (χ1n) is 7.24. The van der Waals surface area contributed by atoms with Crippen molar-refractivity contribution in [2.24, 2.45) is 13.0 Å². The van der Waals surface area contributed by atoms with Crippen LogP contribution in [-0.2, 0) is 32.7 Å². The van der Waals surface area contributed by atoms with Crippen LogP contribution in [0, 0.1) is 5.92 Å². The molecule has 1 N–H and O–H groups in total. The predicted octanol–water partition coefficient (Wildman–Crippen LogP) is 1.99. The maximum Gasteiger partial charge on any atom is 0.434 e. The molecule has 1 aliphatic heterocycles. The Kier molecular flexibility index (Phi) is 3.94. The van der Waals surface area contributed by atoms with Crippen LogP contribution in [0.5, 0.6) is 0 Å². The summed E-state index contributed by atoms with van der Waals surface area (Å²) in [6, 6.07) is 1.94. The van der Waals surface area contributed by atoms with Crippen LogP contribution in [0.4, 0.5) is 13.2 Å². The molecule has 0 spiro atoms. The number of aryl methyl sites for hydroxylation is 2. The lowest BCUT2D eigenvalue weighted by Gasteiger charge is -2.24. The quantitative estimate of drug-likeness (QED) is 0.939. The van der Waals surface area contributed by atoms with Crippen LogP contribution in [0.25, 0.3) is 0 Å². The van der Waals surface area contributed by atoms with E-state index in [1.54, 1.807) is 15.4 Å². The number of imidazole rings is 1. The summed E-state index contributed by atoms with van der Waals surface area (Å²) in [6.07, 6.45) is -0.0465. The van der Waals surface area contributed by atoms with Crippen molar-refractivity contribution in [3.05, 3.63) is 35.7 Å². The molecule has 3 heterocycles. The van der Waals surface area contributed by atoms with Crippen molar-refractivity contribution in [2.45, 2.75) is 32.1 Å². The minimum atomic E-state index is -4.36. The number of rotatable bonds is 4. The van der Waals surface area contributed by atoms with Crippen molar-refractivity contribution < 1.29 is 13.2 Å². The molecule has 2 aromatic rings. The summed E-state index contributed by atoms with van der Waals surface area (Å²) in [6.45, 7) is 2.05. The van der Waals surface area contributed by atoms with Gasteiger partial charge in [0, 0.05) is 45.5 Å². The van der Waals surface area contributed by atoms with E-state index < -0.39 is 11.9 Å². The van der Waals surface area contributed by atoms with Crippen molar-refractivity contribution in [1.29, 1.82) is 0 Å². The molecule has 2 aromatic heterocycles. The fraction of sp³-hybridized carbons (Fsp3) is 0.571. The molecule has 1 atom stereocenters. The molecule has 0 aliphatic carbocycles. The smallest absolute Gasteiger partial charge is 0.334 e. The van der Waals surface area contributed by atoms with E-state index in [4.69, 9.17) is 0 Å². The Hall–Kier alpha value is -1.83. The largest absolute Gasteiger partial charge is 0.434 e. The van der Waals surface area contributed by atoms with Gasteiger partial charge in [0.25, 0.3) is 0 Å². The monoisotopic (exact) mass is 313 g/mol. The molecule has 0 aromatic carbocycles. The Morgan fingerprint density at radius 1 is 1.41 bits per heavy atom. The summed E-state index contributed by atoms with van der Waals surface area (Å²) in [5.41, 5.74) is 0.296. The number of fused-ring (bicyclic) bond motifs is 1. The Morgan fingerprint density at radius 2 is 2.23 bits per heavy atom. The molecule has 1 unspecified atom stereocenters. The highest BCUT2D eigenvalue weighted by atomic mass is 19.4. The van der Waals surface area contributed by atoms with E-state index >= 15 is 0 Å². The fourth-order valence-electron chi connectivity index (χ4n) is 2.80. The van der Waals surface area contributed by atoms with Gasteiger partial charge in [0.15, 0.2) is 5.69 Å². The minimum absolute atomic E-state index is 0.316. The summed E-state index contributed by atoms with van der Waals surface area (Å²) in [5, 5.41) is 7.44. The zero-order chi connectivity index (χ0) is 15.7. The third-order valence-corrected chi connectivity index (χ3v) is 4.04. The molecule has 22 heavy (non-hydrogen) atoms. The molecular weight excluding hydrogens is 295 g/mol. The molecule has 1 aliphatic rings. The Labute approximate surface area is 126 Å². The van der Waals surface area contributed by atoms with E-state index in [1.165, 1.54) is 0 Å². The molecule has 0 amide bonds. The van der Waals surface area contributed by atoms with E-state index in [-0.39, 0.29) is 0 Å². The third kappa shape index (κ3) is 3.16.